The van der Waals surface area contributed by atoms with Crippen molar-refractivity contribution in [3.63, 3.8) is 0 Å². The molecule has 0 N–H and O–H groups in total. The minimum absolute atomic E-state index is 0.465. The maximum absolute atomic E-state index is 6.14. The van der Waals surface area contributed by atoms with Crippen LogP contribution in [0.1, 0.15) is 16.7 Å². The molecule has 0 fully saturated rings. The molecular weight excluding hydrogens is 262 g/mol. The average molecular weight is 274 g/mol. The van der Waals surface area contributed by atoms with Crippen molar-refractivity contribution in [1.29, 1.82) is 0 Å². The molecule has 0 spiro atoms. The molecule has 0 aliphatic rings. The topological polar surface area (TPSA) is 56.0 Å². The first-order chi connectivity index (χ1) is 9.08. The summed E-state index contributed by atoms with van der Waals surface area (Å²) in [4.78, 5) is 4.17. The average Bonchev–Trinajstić information content (AvgIpc) is 2.80. The zero-order chi connectivity index (χ0) is 13.6. The van der Waals surface area contributed by atoms with Gasteiger partial charge in [0.25, 0.3) is 0 Å². The molecule has 0 aliphatic heterocycles. The number of fused-ring (bicyclic) bond motifs is 1. The highest BCUT2D eigenvalue weighted by molar-refractivity contribution is 6.30. The monoisotopic (exact) mass is 273 g/mol. The standard InChI is InChI=1S/C13H12ClN5/c1-7-4-10(6-15-5-7)13-17-16-12-9(3)8(2)11(14)18-19(12)13/h4-6H,1-3H3. The Hall–Kier alpha value is -2.01. The van der Waals surface area contributed by atoms with E-state index in [2.05, 4.69) is 20.3 Å². The van der Waals surface area contributed by atoms with Gasteiger partial charge in [0.1, 0.15) is 0 Å². The molecule has 0 saturated carbocycles. The fourth-order valence-electron chi connectivity index (χ4n) is 1.95. The third-order valence-electron chi connectivity index (χ3n) is 3.17. The quantitative estimate of drug-likeness (QED) is 0.684. The molecule has 3 heterocycles. The molecule has 0 aliphatic carbocycles. The zero-order valence-corrected chi connectivity index (χ0v) is 11.6. The summed E-state index contributed by atoms with van der Waals surface area (Å²) in [6.07, 6.45) is 3.54. The van der Waals surface area contributed by atoms with Crippen molar-refractivity contribution >= 4 is 17.2 Å². The molecule has 0 radical (unpaired) electrons. The fraction of sp³-hybridized carbons (Fsp3) is 0.231. The van der Waals surface area contributed by atoms with Crippen molar-refractivity contribution in [2.45, 2.75) is 20.8 Å². The smallest absolute Gasteiger partial charge is 0.187 e. The van der Waals surface area contributed by atoms with Crippen LogP contribution < -0.4 is 0 Å². The van der Waals surface area contributed by atoms with Crippen LogP contribution in [0.25, 0.3) is 17.0 Å². The third-order valence-corrected chi connectivity index (χ3v) is 3.53. The Labute approximate surface area is 115 Å². The van der Waals surface area contributed by atoms with Gasteiger partial charge in [-0.1, -0.05) is 11.6 Å². The van der Waals surface area contributed by atoms with E-state index >= 15 is 0 Å². The molecule has 0 aromatic carbocycles. The Morgan fingerprint density at radius 1 is 1.05 bits per heavy atom. The van der Waals surface area contributed by atoms with Crippen molar-refractivity contribution in [3.05, 3.63) is 40.3 Å². The molecule has 3 rings (SSSR count). The Bertz CT molecular complexity index is 778. The molecule has 5 nitrogen and oxygen atoms in total. The van der Waals surface area contributed by atoms with Gasteiger partial charge in [-0.25, -0.2) is 0 Å². The van der Waals surface area contributed by atoms with Gasteiger partial charge < -0.3 is 0 Å². The summed E-state index contributed by atoms with van der Waals surface area (Å²) in [6, 6.07) is 1.99. The van der Waals surface area contributed by atoms with Gasteiger partial charge in [-0.3, -0.25) is 4.98 Å². The molecule has 0 unspecified atom stereocenters. The zero-order valence-electron chi connectivity index (χ0n) is 10.8. The predicted octanol–water partition coefficient (Wildman–Crippen LogP) is 2.76. The number of halogens is 1. The molecular formula is C13H12ClN5. The minimum atomic E-state index is 0.465. The maximum Gasteiger partial charge on any atom is 0.187 e. The van der Waals surface area contributed by atoms with Crippen LogP contribution in [0.5, 0.6) is 0 Å². The lowest BCUT2D eigenvalue weighted by molar-refractivity contribution is 0.918. The van der Waals surface area contributed by atoms with E-state index in [-0.39, 0.29) is 0 Å². The summed E-state index contributed by atoms with van der Waals surface area (Å²) in [6.45, 7) is 5.87. The van der Waals surface area contributed by atoms with Gasteiger partial charge in [-0.05, 0) is 38.0 Å². The van der Waals surface area contributed by atoms with Crippen LogP contribution in [0, 0.1) is 20.8 Å². The number of pyridine rings is 1. The maximum atomic E-state index is 6.14. The van der Waals surface area contributed by atoms with Crippen LogP contribution in [0.15, 0.2) is 18.5 Å². The van der Waals surface area contributed by atoms with Crippen LogP contribution in [-0.4, -0.2) is 24.8 Å². The SMILES string of the molecule is Cc1cncc(-c2nnc3c(C)c(C)c(Cl)nn23)c1. The van der Waals surface area contributed by atoms with Crippen molar-refractivity contribution in [3.8, 4) is 11.4 Å². The second-order valence-electron chi connectivity index (χ2n) is 4.55. The molecule has 0 saturated heterocycles. The van der Waals surface area contributed by atoms with Gasteiger partial charge in [-0.2, -0.15) is 9.61 Å². The van der Waals surface area contributed by atoms with Crippen molar-refractivity contribution < 1.29 is 0 Å². The highest BCUT2D eigenvalue weighted by Gasteiger charge is 2.14. The van der Waals surface area contributed by atoms with Gasteiger partial charge in [0, 0.05) is 23.5 Å². The first-order valence-electron chi connectivity index (χ1n) is 5.88. The number of nitrogens with zero attached hydrogens (tertiary/aromatic N) is 5. The molecule has 0 amide bonds. The normalized spacial score (nSPS) is 11.2. The summed E-state index contributed by atoms with van der Waals surface area (Å²) in [5, 5.41) is 13.2. The largest absolute Gasteiger partial charge is 0.264 e. The Morgan fingerprint density at radius 3 is 2.58 bits per heavy atom. The van der Waals surface area contributed by atoms with Gasteiger partial charge >= 0.3 is 0 Å². The molecule has 3 aromatic heterocycles. The first-order valence-corrected chi connectivity index (χ1v) is 6.26. The summed E-state index contributed by atoms with van der Waals surface area (Å²) in [7, 11) is 0. The summed E-state index contributed by atoms with van der Waals surface area (Å²) in [5.41, 5.74) is 4.57. The molecule has 3 aromatic rings. The van der Waals surface area contributed by atoms with Crippen molar-refractivity contribution in [2.24, 2.45) is 0 Å². The summed E-state index contributed by atoms with van der Waals surface area (Å²) in [5.74, 6) is 0.649. The molecule has 96 valence electrons. The Kier molecular flexibility index (Phi) is 2.71. The Morgan fingerprint density at radius 2 is 1.84 bits per heavy atom. The van der Waals surface area contributed by atoms with Gasteiger partial charge in [-0.15, -0.1) is 10.2 Å². The van der Waals surface area contributed by atoms with Gasteiger partial charge in [0.2, 0.25) is 0 Å². The second kappa shape index (κ2) is 4.28. The van der Waals surface area contributed by atoms with Gasteiger partial charge in [0.15, 0.2) is 16.6 Å². The lowest BCUT2D eigenvalue weighted by Gasteiger charge is -2.05. The number of rotatable bonds is 1. The molecule has 0 atom stereocenters. The lowest BCUT2D eigenvalue weighted by Crippen LogP contribution is -2.00. The van der Waals surface area contributed by atoms with Gasteiger partial charge in [0.05, 0.1) is 0 Å². The van der Waals surface area contributed by atoms with E-state index in [1.54, 1.807) is 16.9 Å². The van der Waals surface area contributed by atoms with Crippen molar-refractivity contribution in [1.82, 2.24) is 24.8 Å². The van der Waals surface area contributed by atoms with Crippen LogP contribution in [0.2, 0.25) is 5.15 Å². The molecule has 19 heavy (non-hydrogen) atoms. The number of hydrogen-bond donors (Lipinski definition) is 0. The van der Waals surface area contributed by atoms with E-state index in [4.69, 9.17) is 11.6 Å². The number of aromatic nitrogens is 5. The van der Waals surface area contributed by atoms with E-state index in [0.717, 1.165) is 27.9 Å². The summed E-state index contributed by atoms with van der Waals surface area (Å²) < 4.78 is 1.67. The third kappa shape index (κ3) is 1.86. The van der Waals surface area contributed by atoms with Crippen molar-refractivity contribution in [2.75, 3.05) is 0 Å². The van der Waals surface area contributed by atoms with E-state index in [9.17, 15) is 0 Å². The highest BCUT2D eigenvalue weighted by atomic mass is 35.5. The first kappa shape index (κ1) is 12.0. The molecule has 0 bridgehead atoms. The summed E-state index contributed by atoms with van der Waals surface area (Å²) >= 11 is 6.14. The van der Waals surface area contributed by atoms with Crippen LogP contribution in [-0.2, 0) is 0 Å². The fourth-order valence-corrected chi connectivity index (χ4v) is 2.17. The van der Waals surface area contributed by atoms with Crippen LogP contribution in [0.4, 0.5) is 0 Å². The molecule has 6 heteroatoms. The number of hydrogen-bond acceptors (Lipinski definition) is 4. The number of aryl methyl sites for hydroxylation is 2. The van der Waals surface area contributed by atoms with E-state index < -0.39 is 0 Å². The van der Waals surface area contributed by atoms with E-state index in [1.807, 2.05) is 26.8 Å². The van der Waals surface area contributed by atoms with E-state index in [1.165, 1.54) is 0 Å². The van der Waals surface area contributed by atoms with E-state index in [0.29, 0.717) is 11.0 Å². The van der Waals surface area contributed by atoms with Crippen LogP contribution in [0.3, 0.4) is 0 Å². The minimum Gasteiger partial charge on any atom is -0.264 e. The predicted molar refractivity (Wildman–Crippen MR) is 73.2 cm³/mol. The highest BCUT2D eigenvalue weighted by Crippen LogP contribution is 2.23. The second-order valence-corrected chi connectivity index (χ2v) is 4.91. The Balaban J connectivity index is 2.32. The van der Waals surface area contributed by atoms with Crippen LogP contribution >= 0.6 is 11.6 Å². The lowest BCUT2D eigenvalue weighted by atomic mass is 10.2.